The SMILES string of the molecule is COc1ccc(OC)c(NC(=O)C(=O)NCCC(O)c2ccc3c(c2)OCO3)c1. The molecule has 154 valence electrons. The molecule has 1 atom stereocenters. The Morgan fingerprint density at radius 1 is 1.07 bits per heavy atom. The number of fused-ring (bicyclic) bond motifs is 1. The molecule has 0 bridgehead atoms. The average molecular weight is 402 g/mol. The van der Waals surface area contributed by atoms with Crippen molar-refractivity contribution in [2.75, 3.05) is 32.9 Å². The minimum atomic E-state index is -0.853. The van der Waals surface area contributed by atoms with Crippen LogP contribution in [-0.4, -0.2) is 44.5 Å². The molecular formula is C20H22N2O7. The molecule has 0 saturated heterocycles. The van der Waals surface area contributed by atoms with E-state index in [1.165, 1.54) is 14.2 Å². The summed E-state index contributed by atoms with van der Waals surface area (Å²) in [6.07, 6.45) is -0.604. The number of hydrogen-bond acceptors (Lipinski definition) is 7. The van der Waals surface area contributed by atoms with Gasteiger partial charge in [0.25, 0.3) is 0 Å². The maximum atomic E-state index is 12.1. The summed E-state index contributed by atoms with van der Waals surface area (Å²) in [5.74, 6) is 0.413. The lowest BCUT2D eigenvalue weighted by Crippen LogP contribution is -2.36. The van der Waals surface area contributed by atoms with Gasteiger partial charge >= 0.3 is 11.8 Å². The van der Waals surface area contributed by atoms with Gasteiger partial charge in [0.05, 0.1) is 26.0 Å². The summed E-state index contributed by atoms with van der Waals surface area (Å²) < 4.78 is 20.8. The molecule has 3 N–H and O–H groups in total. The molecule has 3 rings (SSSR count). The summed E-state index contributed by atoms with van der Waals surface area (Å²) in [5, 5.41) is 15.3. The van der Waals surface area contributed by atoms with E-state index in [0.29, 0.717) is 34.2 Å². The molecule has 2 amide bonds. The molecule has 1 unspecified atom stereocenters. The minimum Gasteiger partial charge on any atom is -0.497 e. The smallest absolute Gasteiger partial charge is 0.313 e. The lowest BCUT2D eigenvalue weighted by molar-refractivity contribution is -0.136. The number of anilines is 1. The Morgan fingerprint density at radius 3 is 2.62 bits per heavy atom. The van der Waals surface area contributed by atoms with E-state index in [2.05, 4.69) is 10.6 Å². The van der Waals surface area contributed by atoms with Gasteiger partial charge in [-0.2, -0.15) is 0 Å². The van der Waals surface area contributed by atoms with Crippen molar-refractivity contribution >= 4 is 17.5 Å². The second-order valence-electron chi connectivity index (χ2n) is 6.19. The Morgan fingerprint density at radius 2 is 1.86 bits per heavy atom. The fourth-order valence-electron chi connectivity index (χ4n) is 2.78. The zero-order valence-corrected chi connectivity index (χ0v) is 16.1. The van der Waals surface area contributed by atoms with Crippen LogP contribution in [0.15, 0.2) is 36.4 Å². The van der Waals surface area contributed by atoms with Crippen molar-refractivity contribution in [3.63, 3.8) is 0 Å². The maximum Gasteiger partial charge on any atom is 0.313 e. The second kappa shape index (κ2) is 9.16. The van der Waals surface area contributed by atoms with Gasteiger partial charge in [-0.1, -0.05) is 6.07 Å². The largest absolute Gasteiger partial charge is 0.497 e. The van der Waals surface area contributed by atoms with Gasteiger partial charge in [-0.3, -0.25) is 9.59 Å². The van der Waals surface area contributed by atoms with Crippen molar-refractivity contribution in [2.24, 2.45) is 0 Å². The van der Waals surface area contributed by atoms with Gasteiger partial charge < -0.3 is 34.7 Å². The molecule has 1 heterocycles. The molecule has 9 heteroatoms. The maximum absolute atomic E-state index is 12.1. The monoisotopic (exact) mass is 402 g/mol. The first-order valence-electron chi connectivity index (χ1n) is 8.90. The third kappa shape index (κ3) is 4.88. The zero-order chi connectivity index (χ0) is 20.8. The van der Waals surface area contributed by atoms with Crippen LogP contribution in [0.2, 0.25) is 0 Å². The predicted octanol–water partition coefficient (Wildman–Crippen LogP) is 1.61. The number of nitrogens with one attached hydrogen (secondary N) is 2. The molecule has 0 aliphatic carbocycles. The highest BCUT2D eigenvalue weighted by molar-refractivity contribution is 6.39. The molecule has 1 aliphatic heterocycles. The van der Waals surface area contributed by atoms with Gasteiger partial charge in [-0.25, -0.2) is 0 Å². The number of hydrogen-bond donors (Lipinski definition) is 3. The predicted molar refractivity (Wildman–Crippen MR) is 103 cm³/mol. The van der Waals surface area contributed by atoms with Crippen LogP contribution in [0.1, 0.15) is 18.1 Å². The number of aliphatic hydroxyl groups is 1. The number of carbonyl (C=O) groups excluding carboxylic acids is 2. The first kappa shape index (κ1) is 20.3. The van der Waals surface area contributed by atoms with Crippen molar-refractivity contribution in [1.82, 2.24) is 5.32 Å². The fraction of sp³-hybridized carbons (Fsp3) is 0.300. The van der Waals surface area contributed by atoms with E-state index in [0.717, 1.165) is 0 Å². The summed E-state index contributed by atoms with van der Waals surface area (Å²) >= 11 is 0. The number of aliphatic hydroxyl groups excluding tert-OH is 1. The molecule has 0 fully saturated rings. The third-order valence-corrected chi connectivity index (χ3v) is 4.35. The van der Waals surface area contributed by atoms with E-state index < -0.39 is 17.9 Å². The van der Waals surface area contributed by atoms with Crippen molar-refractivity contribution in [3.8, 4) is 23.0 Å². The number of methoxy groups -OCH3 is 2. The fourth-order valence-corrected chi connectivity index (χ4v) is 2.78. The van der Waals surface area contributed by atoms with E-state index in [9.17, 15) is 14.7 Å². The quantitative estimate of drug-likeness (QED) is 0.603. The Labute approximate surface area is 167 Å². The second-order valence-corrected chi connectivity index (χ2v) is 6.19. The van der Waals surface area contributed by atoms with Crippen LogP contribution < -0.4 is 29.6 Å². The lowest BCUT2D eigenvalue weighted by Gasteiger charge is -2.13. The van der Waals surface area contributed by atoms with Gasteiger partial charge in [-0.05, 0) is 36.2 Å². The number of rotatable bonds is 7. The molecule has 0 aromatic heterocycles. The number of amides is 2. The van der Waals surface area contributed by atoms with E-state index in [1.807, 2.05) is 0 Å². The number of benzene rings is 2. The molecular weight excluding hydrogens is 380 g/mol. The highest BCUT2D eigenvalue weighted by Crippen LogP contribution is 2.34. The van der Waals surface area contributed by atoms with Crippen molar-refractivity contribution in [1.29, 1.82) is 0 Å². The number of ether oxygens (including phenoxy) is 4. The minimum absolute atomic E-state index is 0.108. The first-order chi connectivity index (χ1) is 14.0. The summed E-state index contributed by atoms with van der Waals surface area (Å²) in [4.78, 5) is 24.2. The highest BCUT2D eigenvalue weighted by Gasteiger charge is 2.19. The normalized spacial score (nSPS) is 12.8. The van der Waals surface area contributed by atoms with Gasteiger partial charge in [0.2, 0.25) is 6.79 Å². The Hall–Kier alpha value is -3.46. The molecule has 0 radical (unpaired) electrons. The van der Waals surface area contributed by atoms with Crippen LogP contribution in [0, 0.1) is 0 Å². The summed E-state index contributed by atoms with van der Waals surface area (Å²) in [6, 6.07) is 9.97. The van der Waals surface area contributed by atoms with E-state index in [-0.39, 0.29) is 19.8 Å². The zero-order valence-electron chi connectivity index (χ0n) is 16.1. The van der Waals surface area contributed by atoms with Crippen molar-refractivity contribution in [3.05, 3.63) is 42.0 Å². The number of carbonyl (C=O) groups is 2. The van der Waals surface area contributed by atoms with E-state index in [1.54, 1.807) is 36.4 Å². The molecule has 1 aliphatic rings. The molecule has 0 saturated carbocycles. The highest BCUT2D eigenvalue weighted by atomic mass is 16.7. The van der Waals surface area contributed by atoms with Gasteiger partial charge in [-0.15, -0.1) is 0 Å². The topological polar surface area (TPSA) is 115 Å². The van der Waals surface area contributed by atoms with Crippen LogP contribution in [0.4, 0.5) is 5.69 Å². The van der Waals surface area contributed by atoms with Crippen LogP contribution in [-0.2, 0) is 9.59 Å². The summed E-state index contributed by atoms with van der Waals surface area (Å²) in [7, 11) is 2.95. The van der Waals surface area contributed by atoms with Crippen LogP contribution in [0.5, 0.6) is 23.0 Å². The molecule has 9 nitrogen and oxygen atoms in total. The standard InChI is InChI=1S/C20H22N2O7/c1-26-13-4-6-16(27-2)14(10-13)22-20(25)19(24)21-8-7-15(23)12-3-5-17-18(9-12)29-11-28-17/h3-6,9-10,15,23H,7-8,11H2,1-2H3,(H,21,24)(H,22,25). The van der Waals surface area contributed by atoms with E-state index >= 15 is 0 Å². The van der Waals surface area contributed by atoms with Crippen LogP contribution in [0.3, 0.4) is 0 Å². The van der Waals surface area contributed by atoms with Crippen molar-refractivity contribution < 1.29 is 33.6 Å². The molecule has 0 spiro atoms. The van der Waals surface area contributed by atoms with Crippen molar-refractivity contribution in [2.45, 2.75) is 12.5 Å². The van der Waals surface area contributed by atoms with Gasteiger partial charge in [0.15, 0.2) is 11.5 Å². The lowest BCUT2D eigenvalue weighted by atomic mass is 10.1. The molecule has 2 aromatic carbocycles. The first-order valence-corrected chi connectivity index (χ1v) is 8.90. The summed E-state index contributed by atoms with van der Waals surface area (Å²) in [5.41, 5.74) is 0.946. The molecule has 29 heavy (non-hydrogen) atoms. The average Bonchev–Trinajstić information content (AvgIpc) is 3.21. The van der Waals surface area contributed by atoms with Crippen LogP contribution in [0.25, 0.3) is 0 Å². The van der Waals surface area contributed by atoms with Gasteiger partial charge in [0, 0.05) is 12.6 Å². The van der Waals surface area contributed by atoms with Crippen LogP contribution >= 0.6 is 0 Å². The third-order valence-electron chi connectivity index (χ3n) is 4.35. The Kier molecular flexibility index (Phi) is 6.40. The van der Waals surface area contributed by atoms with E-state index in [4.69, 9.17) is 18.9 Å². The molecule has 2 aromatic rings. The van der Waals surface area contributed by atoms with Gasteiger partial charge in [0.1, 0.15) is 11.5 Å². The summed E-state index contributed by atoms with van der Waals surface area (Å²) in [6.45, 7) is 0.259. The Bertz CT molecular complexity index is 900. The Balaban J connectivity index is 1.51.